The summed E-state index contributed by atoms with van der Waals surface area (Å²) < 4.78 is 0. The number of benzene rings is 2. The number of rotatable bonds is 3. The van der Waals surface area contributed by atoms with Crippen LogP contribution in [-0.4, -0.2) is 0 Å². The minimum Gasteiger partial charge on any atom is -0.377 e. The third kappa shape index (κ3) is 3.47. The SMILES string of the molecule is CC(Nc1ccc(Cl)cc1Cl)c1ccc(Cl)c(Cl)c1Cl. The normalized spacial score (nSPS) is 12.3. The highest BCUT2D eigenvalue weighted by Gasteiger charge is 2.15. The second-order valence-corrected chi connectivity index (χ2v) is 6.26. The average Bonchev–Trinajstić information content (AvgIpc) is 2.39. The minimum absolute atomic E-state index is 0.0871. The van der Waals surface area contributed by atoms with Crippen LogP contribution in [0.15, 0.2) is 30.3 Å². The molecule has 2 aromatic carbocycles. The molecule has 1 nitrogen and oxygen atoms in total. The summed E-state index contributed by atoms with van der Waals surface area (Å²) in [4.78, 5) is 0. The highest BCUT2D eigenvalue weighted by atomic mass is 35.5. The van der Waals surface area contributed by atoms with Gasteiger partial charge in [0.15, 0.2) is 0 Å². The van der Waals surface area contributed by atoms with Crippen LogP contribution in [0, 0.1) is 0 Å². The van der Waals surface area contributed by atoms with Gasteiger partial charge in [-0.05, 0) is 36.8 Å². The molecule has 0 bridgehead atoms. The largest absolute Gasteiger partial charge is 0.377 e. The maximum Gasteiger partial charge on any atom is 0.0782 e. The first-order valence-electron chi connectivity index (χ1n) is 5.75. The van der Waals surface area contributed by atoms with Gasteiger partial charge in [-0.25, -0.2) is 0 Å². The molecule has 0 saturated heterocycles. The maximum absolute atomic E-state index is 6.21. The first kappa shape index (κ1) is 16.1. The summed E-state index contributed by atoms with van der Waals surface area (Å²) in [5.74, 6) is 0. The summed E-state index contributed by atoms with van der Waals surface area (Å²) in [5.41, 5.74) is 1.61. The summed E-state index contributed by atoms with van der Waals surface area (Å²) in [5, 5.41) is 5.60. The van der Waals surface area contributed by atoms with Crippen LogP contribution in [0.25, 0.3) is 0 Å². The molecule has 0 spiro atoms. The second-order valence-electron chi connectivity index (χ2n) is 4.25. The third-order valence-electron chi connectivity index (χ3n) is 2.83. The number of nitrogens with one attached hydrogen (secondary N) is 1. The molecular formula is C14H10Cl5N. The van der Waals surface area contributed by atoms with Crippen LogP contribution in [0.2, 0.25) is 25.1 Å². The molecule has 20 heavy (non-hydrogen) atoms. The molecule has 6 heteroatoms. The monoisotopic (exact) mass is 367 g/mol. The van der Waals surface area contributed by atoms with Crippen molar-refractivity contribution in [3.05, 3.63) is 61.0 Å². The Hall–Kier alpha value is -0.310. The van der Waals surface area contributed by atoms with Crippen LogP contribution in [-0.2, 0) is 0 Å². The molecule has 0 heterocycles. The van der Waals surface area contributed by atoms with Crippen LogP contribution < -0.4 is 5.32 Å². The molecule has 2 rings (SSSR count). The lowest BCUT2D eigenvalue weighted by atomic mass is 10.1. The minimum atomic E-state index is -0.0871. The van der Waals surface area contributed by atoms with E-state index < -0.39 is 0 Å². The van der Waals surface area contributed by atoms with E-state index in [1.165, 1.54) is 0 Å². The third-order valence-corrected chi connectivity index (χ3v) is 4.69. The molecule has 1 N–H and O–H groups in total. The molecule has 0 aliphatic rings. The summed E-state index contributed by atoms with van der Waals surface area (Å²) in [7, 11) is 0. The molecule has 0 aromatic heterocycles. The number of hydrogen-bond donors (Lipinski definition) is 1. The van der Waals surface area contributed by atoms with Gasteiger partial charge in [-0.1, -0.05) is 64.1 Å². The van der Waals surface area contributed by atoms with Gasteiger partial charge in [0.05, 0.1) is 31.8 Å². The lowest BCUT2D eigenvalue weighted by Crippen LogP contribution is -2.07. The van der Waals surface area contributed by atoms with Gasteiger partial charge in [-0.3, -0.25) is 0 Å². The zero-order chi connectivity index (χ0) is 14.9. The zero-order valence-corrected chi connectivity index (χ0v) is 14.1. The van der Waals surface area contributed by atoms with Crippen LogP contribution >= 0.6 is 58.0 Å². The van der Waals surface area contributed by atoms with Crippen molar-refractivity contribution in [3.8, 4) is 0 Å². The van der Waals surface area contributed by atoms with Crippen LogP contribution in [0.3, 0.4) is 0 Å². The lowest BCUT2D eigenvalue weighted by molar-refractivity contribution is 0.885. The fourth-order valence-corrected chi connectivity index (χ4v) is 2.96. The molecule has 2 aromatic rings. The van der Waals surface area contributed by atoms with E-state index in [1.807, 2.05) is 19.1 Å². The van der Waals surface area contributed by atoms with Crippen molar-refractivity contribution >= 4 is 63.7 Å². The van der Waals surface area contributed by atoms with Gasteiger partial charge in [-0.15, -0.1) is 0 Å². The molecule has 0 aliphatic carbocycles. The lowest BCUT2D eigenvalue weighted by Gasteiger charge is -2.19. The fraction of sp³-hybridized carbons (Fsp3) is 0.143. The summed E-state index contributed by atoms with van der Waals surface area (Å²) in [6, 6.07) is 8.71. The molecule has 1 unspecified atom stereocenters. The Morgan fingerprint density at radius 1 is 0.850 bits per heavy atom. The van der Waals surface area contributed by atoms with Gasteiger partial charge in [0.1, 0.15) is 0 Å². The number of anilines is 1. The molecule has 0 radical (unpaired) electrons. The van der Waals surface area contributed by atoms with Gasteiger partial charge in [0.25, 0.3) is 0 Å². The maximum atomic E-state index is 6.21. The van der Waals surface area contributed by atoms with Crippen molar-refractivity contribution in [2.45, 2.75) is 13.0 Å². The van der Waals surface area contributed by atoms with Gasteiger partial charge >= 0.3 is 0 Å². The van der Waals surface area contributed by atoms with E-state index in [-0.39, 0.29) is 6.04 Å². The Labute approximate surface area is 142 Å². The fourth-order valence-electron chi connectivity index (χ4n) is 1.79. The van der Waals surface area contributed by atoms with Crippen LogP contribution in [0.4, 0.5) is 5.69 Å². The van der Waals surface area contributed by atoms with E-state index in [1.54, 1.807) is 18.2 Å². The van der Waals surface area contributed by atoms with Gasteiger partial charge in [-0.2, -0.15) is 0 Å². The zero-order valence-electron chi connectivity index (χ0n) is 10.4. The molecule has 0 fully saturated rings. The summed E-state index contributed by atoms with van der Waals surface area (Å²) in [6.07, 6.45) is 0. The summed E-state index contributed by atoms with van der Waals surface area (Å²) >= 11 is 30.2. The van der Waals surface area contributed by atoms with E-state index >= 15 is 0 Å². The molecular weight excluding hydrogens is 359 g/mol. The average molecular weight is 370 g/mol. The predicted octanol–water partition coefficient (Wildman–Crippen LogP) is 7.13. The van der Waals surface area contributed by atoms with E-state index in [4.69, 9.17) is 58.0 Å². The van der Waals surface area contributed by atoms with Crippen molar-refractivity contribution < 1.29 is 0 Å². The highest BCUT2D eigenvalue weighted by Crippen LogP contribution is 2.37. The van der Waals surface area contributed by atoms with Crippen LogP contribution in [0.1, 0.15) is 18.5 Å². The predicted molar refractivity (Wildman–Crippen MR) is 90.0 cm³/mol. The second kappa shape index (κ2) is 6.64. The van der Waals surface area contributed by atoms with Crippen molar-refractivity contribution in [3.63, 3.8) is 0 Å². The van der Waals surface area contributed by atoms with Gasteiger partial charge < -0.3 is 5.32 Å². The Morgan fingerprint density at radius 2 is 1.55 bits per heavy atom. The highest BCUT2D eigenvalue weighted by molar-refractivity contribution is 6.48. The van der Waals surface area contributed by atoms with Gasteiger partial charge in [0, 0.05) is 5.02 Å². The topological polar surface area (TPSA) is 12.0 Å². The number of halogens is 5. The molecule has 0 saturated carbocycles. The summed E-state index contributed by atoms with van der Waals surface area (Å²) in [6.45, 7) is 1.95. The van der Waals surface area contributed by atoms with E-state index in [2.05, 4.69) is 5.32 Å². The molecule has 1 atom stereocenters. The Bertz CT molecular complexity index is 642. The van der Waals surface area contributed by atoms with E-state index in [0.717, 1.165) is 11.3 Å². The van der Waals surface area contributed by atoms with Crippen LogP contribution in [0.5, 0.6) is 0 Å². The van der Waals surface area contributed by atoms with Crippen molar-refractivity contribution in [2.24, 2.45) is 0 Å². The Morgan fingerprint density at radius 3 is 2.20 bits per heavy atom. The van der Waals surface area contributed by atoms with Crippen molar-refractivity contribution in [2.75, 3.05) is 5.32 Å². The first-order chi connectivity index (χ1) is 9.40. The Balaban J connectivity index is 2.28. The van der Waals surface area contributed by atoms with Crippen molar-refractivity contribution in [1.82, 2.24) is 0 Å². The molecule has 0 aliphatic heterocycles. The van der Waals surface area contributed by atoms with Crippen molar-refractivity contribution in [1.29, 1.82) is 0 Å². The molecule has 0 amide bonds. The quantitative estimate of drug-likeness (QED) is 0.568. The smallest absolute Gasteiger partial charge is 0.0782 e. The Kier molecular flexibility index (Phi) is 5.33. The molecule has 106 valence electrons. The van der Waals surface area contributed by atoms with E-state index in [0.29, 0.717) is 25.1 Å². The first-order valence-corrected chi connectivity index (χ1v) is 7.64. The standard InChI is InChI=1S/C14H10Cl5N/c1-7(9-3-4-10(16)14(19)13(9)18)20-12-5-2-8(15)6-11(12)17/h2-7,20H,1H3. The van der Waals surface area contributed by atoms with E-state index in [9.17, 15) is 0 Å². The number of hydrogen-bond acceptors (Lipinski definition) is 1. The van der Waals surface area contributed by atoms with Gasteiger partial charge in [0.2, 0.25) is 0 Å².